The SMILES string of the molecule is COC(c1cccc2ccccc12)C(OC)c1cccc2ccccc12. The summed E-state index contributed by atoms with van der Waals surface area (Å²) in [6, 6.07) is 29.5. The molecule has 0 bridgehead atoms. The predicted octanol–water partition coefficient (Wildman–Crippen LogP) is 6.07. The minimum absolute atomic E-state index is 0.197. The lowest BCUT2D eigenvalue weighted by Gasteiger charge is -2.27. The van der Waals surface area contributed by atoms with Gasteiger partial charge in [0.2, 0.25) is 0 Å². The Morgan fingerprint density at radius 3 is 1.31 bits per heavy atom. The summed E-state index contributed by atoms with van der Waals surface area (Å²) < 4.78 is 12.0. The molecule has 0 aliphatic rings. The molecule has 4 rings (SSSR count). The second-order valence-electron chi connectivity index (χ2n) is 6.45. The van der Waals surface area contributed by atoms with Crippen molar-refractivity contribution in [3.63, 3.8) is 0 Å². The van der Waals surface area contributed by atoms with Gasteiger partial charge in [0, 0.05) is 14.2 Å². The van der Waals surface area contributed by atoms with Gasteiger partial charge in [-0.05, 0) is 32.7 Å². The van der Waals surface area contributed by atoms with Crippen LogP contribution in [0.25, 0.3) is 21.5 Å². The summed E-state index contributed by atoms with van der Waals surface area (Å²) in [7, 11) is 3.51. The zero-order chi connectivity index (χ0) is 17.9. The van der Waals surface area contributed by atoms with E-state index in [1.807, 2.05) is 0 Å². The quantitative estimate of drug-likeness (QED) is 0.438. The first-order valence-corrected chi connectivity index (χ1v) is 8.84. The van der Waals surface area contributed by atoms with Crippen LogP contribution < -0.4 is 0 Å². The van der Waals surface area contributed by atoms with Gasteiger partial charge in [0.25, 0.3) is 0 Å². The molecule has 0 aliphatic heterocycles. The summed E-state index contributed by atoms with van der Waals surface area (Å²) in [6.45, 7) is 0. The number of benzene rings is 4. The summed E-state index contributed by atoms with van der Waals surface area (Å²) in [5.41, 5.74) is 2.29. The normalized spacial score (nSPS) is 13.8. The van der Waals surface area contributed by atoms with Gasteiger partial charge in [0.15, 0.2) is 0 Å². The van der Waals surface area contributed by atoms with E-state index >= 15 is 0 Å². The lowest BCUT2D eigenvalue weighted by molar-refractivity contribution is -0.0382. The van der Waals surface area contributed by atoms with Gasteiger partial charge in [-0.1, -0.05) is 84.9 Å². The Kier molecular flexibility index (Phi) is 4.70. The Morgan fingerprint density at radius 2 is 0.885 bits per heavy atom. The lowest BCUT2D eigenvalue weighted by Crippen LogP contribution is -2.16. The van der Waals surface area contributed by atoms with Gasteiger partial charge in [-0.3, -0.25) is 0 Å². The van der Waals surface area contributed by atoms with Crippen molar-refractivity contribution in [2.75, 3.05) is 14.2 Å². The van der Waals surface area contributed by atoms with Crippen LogP contribution in [0, 0.1) is 0 Å². The van der Waals surface area contributed by atoms with Gasteiger partial charge in [-0.2, -0.15) is 0 Å². The van der Waals surface area contributed by atoms with Crippen molar-refractivity contribution >= 4 is 21.5 Å². The fourth-order valence-corrected chi connectivity index (χ4v) is 3.82. The molecular formula is C24H22O2. The summed E-state index contributed by atoms with van der Waals surface area (Å²) in [5.74, 6) is 0. The fraction of sp³-hybridized carbons (Fsp3) is 0.167. The van der Waals surface area contributed by atoms with E-state index in [0.717, 1.165) is 11.1 Å². The Balaban J connectivity index is 1.88. The average Bonchev–Trinajstić information content (AvgIpc) is 2.71. The lowest BCUT2D eigenvalue weighted by atomic mass is 9.91. The van der Waals surface area contributed by atoms with Crippen LogP contribution in [0.4, 0.5) is 0 Å². The molecule has 0 aliphatic carbocycles. The van der Waals surface area contributed by atoms with Crippen LogP contribution in [0.5, 0.6) is 0 Å². The molecule has 0 radical (unpaired) electrons. The average molecular weight is 342 g/mol. The van der Waals surface area contributed by atoms with Crippen molar-refractivity contribution in [2.45, 2.75) is 12.2 Å². The number of ether oxygens (including phenoxy) is 2. The van der Waals surface area contributed by atoms with Crippen LogP contribution in [-0.2, 0) is 9.47 Å². The zero-order valence-electron chi connectivity index (χ0n) is 15.1. The first-order valence-electron chi connectivity index (χ1n) is 8.84. The minimum Gasteiger partial charge on any atom is -0.374 e. The van der Waals surface area contributed by atoms with Gasteiger partial charge in [0.05, 0.1) is 0 Å². The van der Waals surface area contributed by atoms with E-state index in [-0.39, 0.29) is 12.2 Å². The highest BCUT2D eigenvalue weighted by atomic mass is 16.5. The molecule has 2 heteroatoms. The standard InChI is InChI=1S/C24H22O2/c1-25-23(21-15-7-11-17-9-3-5-13-19(17)21)24(26-2)22-16-8-12-18-10-4-6-14-20(18)22/h3-16,23-24H,1-2H3. The van der Waals surface area contributed by atoms with Crippen LogP contribution in [0.3, 0.4) is 0 Å². The second-order valence-corrected chi connectivity index (χ2v) is 6.45. The first kappa shape index (κ1) is 16.8. The molecule has 4 aromatic rings. The maximum atomic E-state index is 5.98. The third-order valence-electron chi connectivity index (χ3n) is 5.04. The van der Waals surface area contributed by atoms with Crippen molar-refractivity contribution in [1.82, 2.24) is 0 Å². The largest absolute Gasteiger partial charge is 0.374 e. The van der Waals surface area contributed by atoms with Crippen molar-refractivity contribution in [3.05, 3.63) is 96.1 Å². The van der Waals surface area contributed by atoms with E-state index < -0.39 is 0 Å². The maximum absolute atomic E-state index is 5.98. The van der Waals surface area contributed by atoms with Gasteiger partial charge in [-0.15, -0.1) is 0 Å². The minimum atomic E-state index is -0.197. The second kappa shape index (κ2) is 7.28. The topological polar surface area (TPSA) is 18.5 Å². The molecule has 0 saturated heterocycles. The van der Waals surface area contributed by atoms with E-state index in [1.165, 1.54) is 21.5 Å². The van der Waals surface area contributed by atoms with E-state index in [2.05, 4.69) is 84.9 Å². The summed E-state index contributed by atoms with van der Waals surface area (Å²) >= 11 is 0. The highest BCUT2D eigenvalue weighted by Gasteiger charge is 2.27. The molecule has 0 saturated carbocycles. The van der Waals surface area contributed by atoms with Crippen molar-refractivity contribution in [1.29, 1.82) is 0 Å². The molecule has 130 valence electrons. The summed E-state index contributed by atoms with van der Waals surface area (Å²) in [4.78, 5) is 0. The Hall–Kier alpha value is -2.68. The van der Waals surface area contributed by atoms with Crippen LogP contribution in [0.2, 0.25) is 0 Å². The van der Waals surface area contributed by atoms with E-state index in [4.69, 9.17) is 9.47 Å². The van der Waals surface area contributed by atoms with E-state index in [9.17, 15) is 0 Å². The van der Waals surface area contributed by atoms with Gasteiger partial charge in [0.1, 0.15) is 12.2 Å². The van der Waals surface area contributed by atoms with Gasteiger partial charge in [-0.25, -0.2) is 0 Å². The Morgan fingerprint density at radius 1 is 0.500 bits per heavy atom. The van der Waals surface area contributed by atoms with Crippen molar-refractivity contribution in [2.24, 2.45) is 0 Å². The van der Waals surface area contributed by atoms with Crippen LogP contribution in [0.1, 0.15) is 23.3 Å². The van der Waals surface area contributed by atoms with E-state index in [0.29, 0.717) is 0 Å². The molecule has 2 unspecified atom stereocenters. The third kappa shape index (κ3) is 2.88. The van der Waals surface area contributed by atoms with Crippen molar-refractivity contribution in [3.8, 4) is 0 Å². The predicted molar refractivity (Wildman–Crippen MR) is 107 cm³/mol. The summed E-state index contributed by atoms with van der Waals surface area (Å²) in [5, 5.41) is 4.81. The highest BCUT2D eigenvalue weighted by molar-refractivity contribution is 5.87. The number of hydrogen-bond donors (Lipinski definition) is 0. The molecule has 0 N–H and O–H groups in total. The van der Waals surface area contributed by atoms with Gasteiger partial charge >= 0.3 is 0 Å². The molecule has 0 aromatic heterocycles. The summed E-state index contributed by atoms with van der Waals surface area (Å²) in [6.07, 6.45) is -0.395. The van der Waals surface area contributed by atoms with Crippen molar-refractivity contribution < 1.29 is 9.47 Å². The maximum Gasteiger partial charge on any atom is 0.113 e. The van der Waals surface area contributed by atoms with Crippen LogP contribution in [-0.4, -0.2) is 14.2 Å². The molecule has 2 atom stereocenters. The molecule has 2 nitrogen and oxygen atoms in total. The van der Waals surface area contributed by atoms with Gasteiger partial charge < -0.3 is 9.47 Å². The van der Waals surface area contributed by atoms with E-state index in [1.54, 1.807) is 14.2 Å². The highest BCUT2D eigenvalue weighted by Crippen LogP contribution is 2.39. The first-order chi connectivity index (χ1) is 12.8. The molecule has 0 heterocycles. The fourth-order valence-electron chi connectivity index (χ4n) is 3.82. The molecular weight excluding hydrogens is 320 g/mol. The number of methoxy groups -OCH3 is 2. The molecule has 26 heavy (non-hydrogen) atoms. The molecule has 0 spiro atoms. The molecule has 0 amide bonds. The Bertz CT molecular complexity index is 942. The number of fused-ring (bicyclic) bond motifs is 2. The monoisotopic (exact) mass is 342 g/mol. The Labute approximate surface area is 154 Å². The number of hydrogen-bond acceptors (Lipinski definition) is 2. The zero-order valence-corrected chi connectivity index (χ0v) is 15.1. The number of rotatable bonds is 5. The smallest absolute Gasteiger partial charge is 0.113 e. The third-order valence-corrected chi connectivity index (χ3v) is 5.04. The van der Waals surface area contributed by atoms with Crippen LogP contribution in [0.15, 0.2) is 84.9 Å². The van der Waals surface area contributed by atoms with Crippen LogP contribution >= 0.6 is 0 Å². The molecule has 4 aromatic carbocycles. The molecule has 0 fully saturated rings.